The Morgan fingerprint density at radius 2 is 0.586 bits per heavy atom. The number of carbonyl (C=O) groups excluding carboxylic acids is 19. The van der Waals surface area contributed by atoms with Gasteiger partial charge in [0.05, 0.1) is 39.3 Å². The third-order valence-corrected chi connectivity index (χ3v) is 21.7. The summed E-state index contributed by atoms with van der Waals surface area (Å²) in [5.41, 5.74) is 40.3. The Labute approximate surface area is 780 Å². The molecule has 1 rings (SSSR count). The van der Waals surface area contributed by atoms with Crippen molar-refractivity contribution in [3.05, 3.63) is 35.9 Å². The summed E-state index contributed by atoms with van der Waals surface area (Å²) in [5, 5.41) is 64.1. The Morgan fingerprint density at radius 1 is 0.293 bits per heavy atom. The molecule has 1 aromatic carbocycles. The summed E-state index contributed by atoms with van der Waals surface area (Å²) in [7, 11) is 0. The van der Waals surface area contributed by atoms with Crippen LogP contribution in [0.2, 0.25) is 0 Å². The van der Waals surface area contributed by atoms with Crippen LogP contribution in [0.5, 0.6) is 0 Å². The average molecular weight is 1890 g/mol. The molecule has 0 saturated heterocycles. The van der Waals surface area contributed by atoms with Crippen molar-refractivity contribution in [1.82, 2.24) is 90.4 Å². The number of unbranched alkanes of at least 4 members (excludes halogenated alkanes) is 4. The van der Waals surface area contributed by atoms with Crippen molar-refractivity contribution in [2.75, 3.05) is 59.0 Å². The van der Waals surface area contributed by atoms with Crippen LogP contribution in [0.4, 0.5) is 0 Å². The van der Waals surface area contributed by atoms with Crippen LogP contribution in [-0.4, -0.2) is 272 Å². The number of hydrogen-bond donors (Lipinski definition) is 26. The van der Waals surface area contributed by atoms with Gasteiger partial charge in [0.2, 0.25) is 112 Å². The summed E-state index contributed by atoms with van der Waals surface area (Å²) in [6.07, 6.45) is 2.03. The van der Waals surface area contributed by atoms with Gasteiger partial charge in [-0.2, -0.15) is 0 Å². The van der Waals surface area contributed by atoms with Crippen LogP contribution in [0.25, 0.3) is 0 Å². The molecule has 0 saturated carbocycles. The zero-order valence-electron chi connectivity index (χ0n) is 79.7. The highest BCUT2D eigenvalue weighted by Gasteiger charge is 2.40. The number of hydrogen-bond acceptors (Lipinski definition) is 26. The predicted octanol–water partition coefficient (Wildman–Crippen LogP) is -6.15. The molecule has 45 heteroatoms. The highest BCUT2D eigenvalue weighted by molar-refractivity contribution is 6.02. The van der Waals surface area contributed by atoms with E-state index in [-0.39, 0.29) is 133 Å². The molecule has 0 aliphatic carbocycles. The third-order valence-electron chi connectivity index (χ3n) is 21.7. The lowest BCUT2D eigenvalue weighted by Crippen LogP contribution is -2.61. The van der Waals surface area contributed by atoms with E-state index in [1.165, 1.54) is 6.92 Å². The van der Waals surface area contributed by atoms with Crippen molar-refractivity contribution < 1.29 is 101 Å². The van der Waals surface area contributed by atoms with E-state index < -0.39 is 254 Å². The number of nitrogens with one attached hydrogen (secondary N) is 17. The Morgan fingerprint density at radius 3 is 0.940 bits per heavy atom. The molecule has 0 heterocycles. The Bertz CT molecular complexity index is 3880. The predicted molar refractivity (Wildman–Crippen MR) is 495 cm³/mol. The zero-order chi connectivity index (χ0) is 101. The first-order valence-corrected chi connectivity index (χ1v) is 46.2. The summed E-state index contributed by atoms with van der Waals surface area (Å²) >= 11 is 0. The fourth-order valence-electron chi connectivity index (χ4n) is 13.8. The van der Waals surface area contributed by atoms with E-state index in [1.807, 2.05) is 0 Å². The van der Waals surface area contributed by atoms with Crippen molar-refractivity contribution in [1.29, 1.82) is 0 Å². The molecule has 0 radical (unpaired) electrons. The molecule has 45 nitrogen and oxygen atoms in total. The van der Waals surface area contributed by atoms with Gasteiger partial charge in [-0.1, -0.05) is 126 Å². The summed E-state index contributed by atoms with van der Waals surface area (Å²) < 4.78 is 0. The largest absolute Gasteiger partial charge is 0.394 e. The van der Waals surface area contributed by atoms with Crippen LogP contribution in [0.3, 0.4) is 0 Å². The molecule has 0 bridgehead atoms. The lowest BCUT2D eigenvalue weighted by molar-refractivity contribution is -0.137. The van der Waals surface area contributed by atoms with Crippen molar-refractivity contribution in [2.24, 2.45) is 75.6 Å². The van der Waals surface area contributed by atoms with Crippen molar-refractivity contribution in [3.63, 3.8) is 0 Å². The first-order chi connectivity index (χ1) is 62.8. The Balaban J connectivity index is 3.57. The van der Waals surface area contributed by atoms with Gasteiger partial charge in [-0.05, 0) is 177 Å². The smallest absolute Gasteiger partial charge is 0.245 e. The van der Waals surface area contributed by atoms with Crippen LogP contribution in [0.15, 0.2) is 30.3 Å². The summed E-state index contributed by atoms with van der Waals surface area (Å²) in [5.74, 6) is -19.1. The maximum Gasteiger partial charge on any atom is 0.245 e. The van der Waals surface area contributed by atoms with Gasteiger partial charge in [0, 0.05) is 6.42 Å². The van der Waals surface area contributed by atoms with Gasteiger partial charge in [0.1, 0.15) is 90.6 Å². The highest BCUT2D eigenvalue weighted by atomic mass is 16.3. The second-order valence-electron chi connectivity index (χ2n) is 35.3. The van der Waals surface area contributed by atoms with Gasteiger partial charge in [-0.25, -0.2) is 0 Å². The van der Waals surface area contributed by atoms with E-state index in [9.17, 15) is 101 Å². The molecule has 0 aliphatic rings. The van der Waals surface area contributed by atoms with Gasteiger partial charge < -0.3 is 141 Å². The number of amides is 19. The Kier molecular flexibility index (Phi) is 59.0. The van der Waals surface area contributed by atoms with Crippen LogP contribution in [0, 0.1) is 35.5 Å². The van der Waals surface area contributed by atoms with E-state index in [0.29, 0.717) is 44.1 Å². The maximum atomic E-state index is 14.7. The minimum atomic E-state index is -1.79. The normalized spacial score (nSPS) is 15.1. The molecular weight excluding hydrogens is 1730 g/mol. The van der Waals surface area contributed by atoms with Gasteiger partial charge in [0.25, 0.3) is 0 Å². The summed E-state index contributed by atoms with van der Waals surface area (Å²) in [6, 6.07) is -12.8. The van der Waals surface area contributed by atoms with Crippen molar-refractivity contribution in [3.8, 4) is 0 Å². The maximum absolute atomic E-state index is 14.7. The minimum Gasteiger partial charge on any atom is -0.394 e. The first-order valence-electron chi connectivity index (χ1n) is 46.2. The van der Waals surface area contributed by atoms with Gasteiger partial charge in [-0.3, -0.25) is 91.1 Å². The highest BCUT2D eigenvalue weighted by Crippen LogP contribution is 2.18. The van der Waals surface area contributed by atoms with Crippen molar-refractivity contribution >= 4 is 112 Å². The molecule has 19 amide bonds. The van der Waals surface area contributed by atoms with Gasteiger partial charge in [-0.15, -0.1) is 0 Å². The molecule has 0 fully saturated rings. The number of primary amides is 2. The number of aliphatic hydroxyl groups is 2. The number of rotatable bonds is 69. The van der Waals surface area contributed by atoms with Crippen LogP contribution < -0.4 is 131 Å². The molecular formula is C88H156N24O21. The molecule has 0 spiro atoms. The number of nitrogens with two attached hydrogens (primary N) is 7. The molecule has 133 heavy (non-hydrogen) atoms. The number of carbonyl (C=O) groups is 19. The topological polar surface area (TPSA) is 751 Å². The molecule has 1 aromatic rings. The second-order valence-corrected chi connectivity index (χ2v) is 35.3. The van der Waals surface area contributed by atoms with E-state index in [0.717, 1.165) is 0 Å². The number of benzene rings is 1. The lowest BCUT2D eigenvalue weighted by Gasteiger charge is -2.30. The monoisotopic (exact) mass is 1890 g/mol. The van der Waals surface area contributed by atoms with Crippen LogP contribution in [-0.2, 0) is 97.5 Å². The number of aliphatic hydroxyl groups excluding tert-OH is 2. The quantitative estimate of drug-likeness (QED) is 0.0270. The van der Waals surface area contributed by atoms with Crippen LogP contribution in [0.1, 0.15) is 218 Å². The molecule has 754 valence electrons. The SMILES string of the molecule is CC[C@H](C)[C@H](NC(=O)CN)C(=O)N[C@@H](Cc1ccccc1)C(=O)N[C@@H](CO)C(=O)N[C@@H](CCCCN)C(=O)N[C@@H](CC(C)C)C(=O)N[C@@H](C)C(=O)NCC(=O)N[C@@H](CCCCN)C(=O)N[C@@H](CCCCN)C(=O)N[C@@H](CC(C)C)C(=O)N[C@@H](CCCCN)C(=O)N[C@@H](CC(N)=O)C(=O)N[C@@H](CC(C)C)C(=O)N[C@@H](CC(C)C)C(=O)N[C@H](C(=O)N[C@@H](CO)C(=O)NCC(N)=O)[C@@H](C)CC. The van der Waals surface area contributed by atoms with Gasteiger partial charge in [0.15, 0.2) is 0 Å². The molecule has 0 aromatic heterocycles. The standard InChI is InChI=1S/C88H156N24O21/c1-14-52(11)72(111-70(117)43-93)87(132)108-64(41-55-27-17-16-18-28-55)83(128)109-67(47-114)86(131)102-59(32-22-26-36-92)78(123)103-60(37-48(3)4)80(125)98-54(13)74(119)97-45-71(118)99-56(29-19-23-33-89)76(121)100-57(30-20-24-34-90)77(122)104-61(38-49(5)6)81(126)101-58(31-21-25-35-91)79(124)107-65(42-68(94)115)84(129)105-62(39-50(7)8)82(127)106-63(40-51(9)10)85(130)112-73(53(12)15-2)88(133)110-66(46-113)75(120)96-44-69(95)116/h16-18,27-28,48-54,56-67,72-73,113-114H,14-15,19-26,29-47,89-93H2,1-13H3,(H2,94,115)(H2,95,116)(H,96,120)(H,97,119)(H,98,125)(H,99,118)(H,100,121)(H,101,126)(H,102,131)(H,103,123)(H,104,122)(H,105,129)(H,106,127)(H,107,124)(H,108,132)(H,109,128)(H,110,133)(H,111,117)(H,112,130)/t52-,53-,54-,56-,57-,58-,59-,60-,61-,62-,63-,64-,65-,66-,67-,72-,73-/m0/s1. The fourth-order valence-corrected chi connectivity index (χ4v) is 13.8. The molecule has 0 aliphatic heterocycles. The Hall–Kier alpha value is -11.1. The van der Waals surface area contributed by atoms with E-state index in [1.54, 1.807) is 113 Å². The summed E-state index contributed by atoms with van der Waals surface area (Å²) in [4.78, 5) is 263. The minimum absolute atomic E-state index is 0.000287. The summed E-state index contributed by atoms with van der Waals surface area (Å²) in [6.45, 7) is 19.2. The van der Waals surface area contributed by atoms with Crippen LogP contribution >= 0.6 is 0 Å². The third kappa shape index (κ3) is 47.9. The van der Waals surface area contributed by atoms with E-state index >= 15 is 0 Å². The molecule has 17 atom stereocenters. The second kappa shape index (κ2) is 65.5. The van der Waals surface area contributed by atoms with E-state index in [2.05, 4.69) is 90.4 Å². The van der Waals surface area contributed by atoms with E-state index in [4.69, 9.17) is 40.1 Å². The first kappa shape index (κ1) is 120. The zero-order valence-corrected chi connectivity index (χ0v) is 79.7. The lowest BCUT2D eigenvalue weighted by atomic mass is 9.96. The average Bonchev–Trinajstić information content (AvgIpc) is 0.857. The fraction of sp³-hybridized carbons (Fsp3) is 0.716. The molecule has 0 unspecified atom stereocenters. The molecule has 33 N–H and O–H groups in total. The van der Waals surface area contributed by atoms with Gasteiger partial charge >= 0.3 is 0 Å². The van der Waals surface area contributed by atoms with Crippen molar-refractivity contribution in [2.45, 2.75) is 309 Å².